The lowest BCUT2D eigenvalue weighted by atomic mass is 10.2. The van der Waals surface area contributed by atoms with E-state index in [4.69, 9.17) is 21.1 Å². The van der Waals surface area contributed by atoms with E-state index in [0.717, 1.165) is 5.56 Å². The van der Waals surface area contributed by atoms with Gasteiger partial charge in [0.2, 0.25) is 0 Å². The second-order valence-corrected chi connectivity index (χ2v) is 7.71. The minimum absolute atomic E-state index is 0.213. The number of rotatable bonds is 8. The lowest BCUT2D eigenvalue weighted by Crippen LogP contribution is -2.32. The van der Waals surface area contributed by atoms with Crippen LogP contribution in [0.4, 0.5) is 11.4 Å². The quantitative estimate of drug-likeness (QED) is 0.250. The van der Waals surface area contributed by atoms with Gasteiger partial charge in [-0.3, -0.25) is 14.4 Å². The topological polar surface area (TPSA) is 118 Å². The van der Waals surface area contributed by atoms with Gasteiger partial charge in [-0.1, -0.05) is 35.4 Å². The molecule has 9 nitrogen and oxygen atoms in total. The molecule has 3 rings (SSSR count). The smallest absolute Gasteiger partial charge is 0.329 e. The van der Waals surface area contributed by atoms with Crippen molar-refractivity contribution in [3.63, 3.8) is 0 Å². The number of hydrogen-bond donors (Lipinski definition) is 3. The molecule has 0 atom stereocenters. The summed E-state index contributed by atoms with van der Waals surface area (Å²) in [5.41, 5.74) is 4.86. The van der Waals surface area contributed by atoms with Crippen LogP contribution in [-0.2, 0) is 14.4 Å². The molecule has 0 aliphatic heterocycles. The van der Waals surface area contributed by atoms with Crippen molar-refractivity contribution in [2.24, 2.45) is 5.10 Å². The van der Waals surface area contributed by atoms with E-state index in [1.807, 2.05) is 31.2 Å². The van der Waals surface area contributed by atoms with Crippen LogP contribution in [0.3, 0.4) is 0 Å². The number of nitrogens with one attached hydrogen (secondary N) is 3. The summed E-state index contributed by atoms with van der Waals surface area (Å²) in [4.78, 5) is 36.1. The molecule has 0 saturated heterocycles. The van der Waals surface area contributed by atoms with Crippen LogP contribution < -0.4 is 25.5 Å². The highest BCUT2D eigenvalue weighted by Gasteiger charge is 2.13. The fourth-order valence-electron chi connectivity index (χ4n) is 2.83. The summed E-state index contributed by atoms with van der Waals surface area (Å²) in [6.45, 7) is 1.75. The number of benzene rings is 3. The van der Waals surface area contributed by atoms with Gasteiger partial charge in [0.1, 0.15) is 0 Å². The number of amides is 3. The van der Waals surface area contributed by atoms with Crippen molar-refractivity contribution in [1.29, 1.82) is 0 Å². The molecule has 3 N–H and O–H groups in total. The van der Waals surface area contributed by atoms with E-state index < -0.39 is 11.8 Å². The number of ether oxygens (including phenoxy) is 2. The molecule has 0 aromatic heterocycles. The number of nitrogens with zero attached hydrogens (tertiary/aromatic N) is 1. The molecule has 0 saturated carbocycles. The van der Waals surface area contributed by atoms with Crippen molar-refractivity contribution in [3.8, 4) is 11.5 Å². The fourth-order valence-corrected chi connectivity index (χ4v) is 3.02. The largest absolute Gasteiger partial charge is 0.493 e. The lowest BCUT2D eigenvalue weighted by Gasteiger charge is -2.11. The molecular weight excluding hydrogens is 472 g/mol. The first-order chi connectivity index (χ1) is 16.8. The first-order valence-corrected chi connectivity index (χ1v) is 10.8. The predicted octanol–water partition coefficient (Wildman–Crippen LogP) is 3.76. The minimum atomic E-state index is -0.951. The summed E-state index contributed by atoms with van der Waals surface area (Å²) < 4.78 is 10.9. The Morgan fingerprint density at radius 1 is 0.914 bits per heavy atom. The van der Waals surface area contributed by atoms with Gasteiger partial charge in [-0.15, -0.1) is 0 Å². The van der Waals surface area contributed by atoms with Crippen LogP contribution in [0, 0.1) is 6.92 Å². The molecule has 3 aromatic carbocycles. The van der Waals surface area contributed by atoms with Gasteiger partial charge in [-0.05, 0) is 61.0 Å². The molecule has 10 heteroatoms. The Morgan fingerprint density at radius 2 is 1.69 bits per heavy atom. The van der Waals surface area contributed by atoms with Crippen LogP contribution in [0.1, 0.15) is 11.1 Å². The van der Waals surface area contributed by atoms with Crippen LogP contribution in [0.5, 0.6) is 11.5 Å². The van der Waals surface area contributed by atoms with E-state index in [1.54, 1.807) is 36.4 Å². The summed E-state index contributed by atoms with van der Waals surface area (Å²) in [5, 5.41) is 9.38. The van der Waals surface area contributed by atoms with Crippen LogP contribution >= 0.6 is 11.6 Å². The molecule has 0 bridgehead atoms. The summed E-state index contributed by atoms with van der Waals surface area (Å²) >= 11 is 5.85. The minimum Gasteiger partial charge on any atom is -0.493 e. The van der Waals surface area contributed by atoms with Gasteiger partial charge in [0.05, 0.1) is 13.3 Å². The molecule has 0 unspecified atom stereocenters. The van der Waals surface area contributed by atoms with Crippen LogP contribution in [0.15, 0.2) is 71.8 Å². The van der Waals surface area contributed by atoms with Gasteiger partial charge in [0.25, 0.3) is 5.91 Å². The molecule has 0 heterocycles. The number of carbonyl (C=O) groups is 3. The number of hydrogen-bond acceptors (Lipinski definition) is 6. The van der Waals surface area contributed by atoms with E-state index >= 15 is 0 Å². The van der Waals surface area contributed by atoms with Gasteiger partial charge >= 0.3 is 11.8 Å². The van der Waals surface area contributed by atoms with Gasteiger partial charge < -0.3 is 20.1 Å². The Labute approximate surface area is 207 Å². The van der Waals surface area contributed by atoms with Crippen molar-refractivity contribution in [1.82, 2.24) is 5.43 Å². The first-order valence-electron chi connectivity index (χ1n) is 10.4. The Kier molecular flexibility index (Phi) is 8.80. The number of hydrazone groups is 1. The zero-order valence-electron chi connectivity index (χ0n) is 19.0. The molecule has 0 aliphatic rings. The average molecular weight is 495 g/mol. The third kappa shape index (κ3) is 7.86. The molecule has 3 amide bonds. The molecule has 35 heavy (non-hydrogen) atoms. The number of anilines is 2. The fraction of sp³-hybridized carbons (Fsp3) is 0.120. The molecule has 0 aliphatic carbocycles. The maximum absolute atomic E-state index is 12.2. The zero-order chi connectivity index (χ0) is 25.2. The van der Waals surface area contributed by atoms with Crippen LogP contribution in [0.2, 0.25) is 5.02 Å². The zero-order valence-corrected chi connectivity index (χ0v) is 19.8. The van der Waals surface area contributed by atoms with Crippen molar-refractivity contribution in [2.75, 3.05) is 24.4 Å². The summed E-state index contributed by atoms with van der Waals surface area (Å²) in [6.07, 6.45) is 1.33. The molecule has 3 aromatic rings. The normalized spacial score (nSPS) is 10.5. The highest BCUT2D eigenvalue weighted by Crippen LogP contribution is 2.27. The number of halogens is 1. The number of aryl methyl sites for hydroxylation is 1. The Balaban J connectivity index is 1.52. The van der Waals surface area contributed by atoms with Crippen LogP contribution in [-0.4, -0.2) is 37.7 Å². The van der Waals surface area contributed by atoms with E-state index in [0.29, 0.717) is 33.5 Å². The summed E-state index contributed by atoms with van der Waals surface area (Å²) in [5.74, 6) is -1.45. The Morgan fingerprint density at radius 3 is 2.40 bits per heavy atom. The maximum atomic E-state index is 12.2. The van der Waals surface area contributed by atoms with Crippen molar-refractivity contribution in [2.45, 2.75) is 6.92 Å². The summed E-state index contributed by atoms with van der Waals surface area (Å²) in [6, 6.07) is 18.7. The van der Waals surface area contributed by atoms with E-state index in [-0.39, 0.29) is 12.5 Å². The Hall–Kier alpha value is -4.37. The van der Waals surface area contributed by atoms with Crippen molar-refractivity contribution >= 4 is 46.9 Å². The second kappa shape index (κ2) is 12.2. The SMILES string of the molecule is COc1cc(/C=N\NC(=O)C(=O)Nc2cccc(Cl)c2)ccc1OCC(=O)Nc1ccc(C)cc1. The molecule has 180 valence electrons. The number of carbonyl (C=O) groups excluding carboxylic acids is 3. The van der Waals surface area contributed by atoms with Crippen molar-refractivity contribution in [3.05, 3.63) is 82.9 Å². The maximum Gasteiger partial charge on any atom is 0.329 e. The molecule has 0 spiro atoms. The van der Waals surface area contributed by atoms with Crippen molar-refractivity contribution < 1.29 is 23.9 Å². The highest BCUT2D eigenvalue weighted by molar-refractivity contribution is 6.39. The molecule has 0 radical (unpaired) electrons. The van der Waals surface area contributed by atoms with Gasteiger partial charge in [0.15, 0.2) is 18.1 Å². The molecular formula is C25H23ClN4O5. The summed E-state index contributed by atoms with van der Waals surface area (Å²) in [7, 11) is 1.46. The number of methoxy groups -OCH3 is 1. The lowest BCUT2D eigenvalue weighted by molar-refractivity contribution is -0.136. The Bertz CT molecular complexity index is 1240. The monoisotopic (exact) mass is 494 g/mol. The predicted molar refractivity (Wildman–Crippen MR) is 134 cm³/mol. The third-order valence-corrected chi connectivity index (χ3v) is 4.79. The third-order valence-electron chi connectivity index (χ3n) is 4.55. The molecule has 0 fully saturated rings. The van der Waals surface area contributed by atoms with E-state index in [1.165, 1.54) is 19.4 Å². The highest BCUT2D eigenvalue weighted by atomic mass is 35.5. The van der Waals surface area contributed by atoms with Gasteiger partial charge in [-0.2, -0.15) is 5.10 Å². The van der Waals surface area contributed by atoms with Crippen LogP contribution in [0.25, 0.3) is 0 Å². The van der Waals surface area contributed by atoms with E-state index in [2.05, 4.69) is 21.2 Å². The first kappa shape index (κ1) is 25.3. The van der Waals surface area contributed by atoms with E-state index in [9.17, 15) is 14.4 Å². The average Bonchev–Trinajstić information content (AvgIpc) is 2.84. The van der Waals surface area contributed by atoms with Gasteiger partial charge in [-0.25, -0.2) is 5.43 Å². The van der Waals surface area contributed by atoms with Gasteiger partial charge in [0, 0.05) is 16.4 Å². The second-order valence-electron chi connectivity index (χ2n) is 7.28. The standard InChI is InChI=1S/C25H23ClN4O5/c1-16-6-9-19(10-7-16)28-23(31)15-35-21-11-8-17(12-22(21)34-2)14-27-30-25(33)24(32)29-20-5-3-4-18(26)13-20/h3-14H,15H2,1-2H3,(H,28,31)(H,29,32)(H,30,33)/b27-14-.